The predicted molar refractivity (Wildman–Crippen MR) is 90.5 cm³/mol. The Labute approximate surface area is 139 Å². The molecule has 0 aliphatic rings. The van der Waals surface area contributed by atoms with E-state index in [1.54, 1.807) is 29.9 Å². The molecule has 23 heavy (non-hydrogen) atoms. The van der Waals surface area contributed by atoms with Crippen molar-refractivity contribution in [2.45, 2.75) is 17.2 Å². The van der Waals surface area contributed by atoms with Crippen LogP contribution in [0.25, 0.3) is 11.1 Å². The van der Waals surface area contributed by atoms with Crippen molar-refractivity contribution >= 4 is 21.4 Å². The molecular weight excluding hydrogens is 330 g/mol. The largest absolute Gasteiger partial charge is 0.250 e. The molecule has 0 saturated carbocycles. The quantitative estimate of drug-likeness (QED) is 0.770. The number of benzene rings is 1. The Hall–Kier alpha value is -2.09. The van der Waals surface area contributed by atoms with E-state index in [-0.39, 0.29) is 6.04 Å². The monoisotopic (exact) mass is 345 g/mol. The number of nitrogens with one attached hydrogen (secondary N) is 1. The maximum Gasteiger partial charge on any atom is 0.250 e. The van der Waals surface area contributed by atoms with Crippen molar-refractivity contribution in [1.82, 2.24) is 14.7 Å². The van der Waals surface area contributed by atoms with Gasteiger partial charge in [0.2, 0.25) is 0 Å². The molecule has 0 amide bonds. The minimum atomic E-state index is -3.48. The molecule has 0 aliphatic heterocycles. The predicted octanol–water partition coefficient (Wildman–Crippen LogP) is 3.24. The minimum Gasteiger partial charge on any atom is -0.244 e. The van der Waals surface area contributed by atoms with Crippen molar-refractivity contribution in [3.63, 3.8) is 0 Å². The van der Waals surface area contributed by atoms with E-state index >= 15 is 0 Å². The van der Waals surface area contributed by atoms with E-state index in [2.05, 4.69) is 14.7 Å². The van der Waals surface area contributed by atoms with Gasteiger partial charge in [0.25, 0.3) is 10.0 Å². The number of aromatic nitrogens is 2. The second-order valence-electron chi connectivity index (χ2n) is 5.02. The summed E-state index contributed by atoms with van der Waals surface area (Å²) >= 11 is 1.20. The Balaban J connectivity index is 1.77. The number of hydrogen-bond donors (Lipinski definition) is 1. The highest BCUT2D eigenvalue weighted by Crippen LogP contribution is 2.23. The molecule has 1 aromatic carbocycles. The Morgan fingerprint density at radius 3 is 2.35 bits per heavy atom. The first-order chi connectivity index (χ1) is 11.1. The van der Waals surface area contributed by atoms with Crippen molar-refractivity contribution in [3.05, 3.63) is 66.1 Å². The summed E-state index contributed by atoms with van der Waals surface area (Å²) in [5.41, 5.74) is 2.80. The van der Waals surface area contributed by atoms with E-state index in [0.29, 0.717) is 4.21 Å². The molecule has 0 bridgehead atoms. The van der Waals surface area contributed by atoms with Gasteiger partial charge >= 0.3 is 0 Å². The molecule has 2 aromatic heterocycles. The van der Waals surface area contributed by atoms with Crippen LogP contribution >= 0.6 is 11.3 Å². The van der Waals surface area contributed by atoms with Gasteiger partial charge in [-0.3, -0.25) is 0 Å². The average molecular weight is 345 g/mol. The normalized spacial score (nSPS) is 12.9. The fourth-order valence-corrected chi connectivity index (χ4v) is 4.43. The Morgan fingerprint density at radius 1 is 1.04 bits per heavy atom. The van der Waals surface area contributed by atoms with Crippen molar-refractivity contribution in [2.24, 2.45) is 0 Å². The summed E-state index contributed by atoms with van der Waals surface area (Å²) in [7, 11) is -3.48. The smallest absolute Gasteiger partial charge is 0.244 e. The summed E-state index contributed by atoms with van der Waals surface area (Å²) in [5, 5.41) is 1.75. The number of rotatable bonds is 5. The van der Waals surface area contributed by atoms with Crippen molar-refractivity contribution in [2.75, 3.05) is 0 Å². The number of hydrogen-bond acceptors (Lipinski definition) is 5. The maximum atomic E-state index is 12.2. The van der Waals surface area contributed by atoms with Crippen molar-refractivity contribution in [3.8, 4) is 11.1 Å². The van der Waals surface area contributed by atoms with E-state index in [9.17, 15) is 8.42 Å². The lowest BCUT2D eigenvalue weighted by Crippen LogP contribution is -2.26. The standard InChI is InChI=1S/C16H15N3O2S2/c1-12(19-23(20,21)16-3-2-8-22-16)13-4-6-14(7-5-13)15-9-17-11-18-10-15/h2-12,19H,1H3/t12-/m1/s1. The van der Waals surface area contributed by atoms with Gasteiger partial charge in [-0.25, -0.2) is 23.1 Å². The fraction of sp³-hybridized carbons (Fsp3) is 0.125. The topological polar surface area (TPSA) is 72.0 Å². The summed E-state index contributed by atoms with van der Waals surface area (Å²) < 4.78 is 27.5. The van der Waals surface area contributed by atoms with Crippen LogP contribution in [0, 0.1) is 0 Å². The first-order valence-corrected chi connectivity index (χ1v) is 9.34. The van der Waals surface area contributed by atoms with Crippen LogP contribution in [0.1, 0.15) is 18.5 Å². The summed E-state index contributed by atoms with van der Waals surface area (Å²) in [5.74, 6) is 0. The van der Waals surface area contributed by atoms with Crippen LogP contribution in [0.15, 0.2) is 64.7 Å². The first-order valence-electron chi connectivity index (χ1n) is 6.97. The summed E-state index contributed by atoms with van der Waals surface area (Å²) in [6, 6.07) is 10.7. The molecule has 0 spiro atoms. The molecule has 2 heterocycles. The first kappa shape index (κ1) is 15.8. The zero-order valence-electron chi connectivity index (χ0n) is 12.4. The van der Waals surface area contributed by atoms with E-state index < -0.39 is 10.0 Å². The van der Waals surface area contributed by atoms with E-state index in [1.165, 1.54) is 17.7 Å². The number of thiophene rings is 1. The Bertz CT molecular complexity index is 861. The number of nitrogens with zero attached hydrogens (tertiary/aromatic N) is 2. The lowest BCUT2D eigenvalue weighted by atomic mass is 10.0. The van der Waals surface area contributed by atoms with E-state index in [4.69, 9.17) is 0 Å². The zero-order chi connectivity index (χ0) is 16.3. The van der Waals surface area contributed by atoms with Gasteiger partial charge in [0.1, 0.15) is 10.5 Å². The van der Waals surface area contributed by atoms with Crippen molar-refractivity contribution < 1.29 is 8.42 Å². The van der Waals surface area contributed by atoms with Crippen LogP contribution < -0.4 is 4.72 Å². The van der Waals surface area contributed by atoms with Crippen molar-refractivity contribution in [1.29, 1.82) is 0 Å². The van der Waals surface area contributed by atoms with Crippen LogP contribution in [0.3, 0.4) is 0 Å². The van der Waals surface area contributed by atoms with Gasteiger partial charge < -0.3 is 0 Å². The molecule has 0 radical (unpaired) electrons. The lowest BCUT2D eigenvalue weighted by Gasteiger charge is -2.14. The highest BCUT2D eigenvalue weighted by Gasteiger charge is 2.19. The second-order valence-corrected chi connectivity index (χ2v) is 7.91. The minimum absolute atomic E-state index is 0.317. The van der Waals surface area contributed by atoms with Gasteiger partial charge in [-0.05, 0) is 29.5 Å². The third kappa shape index (κ3) is 3.64. The molecule has 0 saturated heterocycles. The van der Waals surface area contributed by atoms with Gasteiger partial charge in [0.15, 0.2) is 0 Å². The van der Waals surface area contributed by atoms with Gasteiger partial charge in [0.05, 0.1) is 0 Å². The molecule has 5 nitrogen and oxygen atoms in total. The third-order valence-electron chi connectivity index (χ3n) is 3.40. The SMILES string of the molecule is C[C@@H](NS(=O)(=O)c1cccs1)c1ccc(-c2cncnc2)cc1. The van der Waals surface area contributed by atoms with E-state index in [1.807, 2.05) is 31.2 Å². The summed E-state index contributed by atoms with van der Waals surface area (Å²) in [6.07, 6.45) is 4.97. The highest BCUT2D eigenvalue weighted by molar-refractivity contribution is 7.91. The fourth-order valence-electron chi connectivity index (χ4n) is 2.19. The lowest BCUT2D eigenvalue weighted by molar-refractivity contribution is 0.569. The molecule has 118 valence electrons. The summed E-state index contributed by atoms with van der Waals surface area (Å²) in [6.45, 7) is 1.83. The van der Waals surface area contributed by atoms with Crippen LogP contribution in [-0.2, 0) is 10.0 Å². The molecule has 3 aromatic rings. The van der Waals surface area contributed by atoms with Gasteiger partial charge in [0, 0.05) is 24.0 Å². The van der Waals surface area contributed by atoms with E-state index in [0.717, 1.165) is 16.7 Å². The number of sulfonamides is 1. The Kier molecular flexibility index (Phi) is 4.51. The highest BCUT2D eigenvalue weighted by atomic mass is 32.2. The van der Waals surface area contributed by atoms with Gasteiger partial charge in [-0.15, -0.1) is 11.3 Å². The molecule has 1 N–H and O–H groups in total. The average Bonchev–Trinajstić information content (AvgIpc) is 3.11. The van der Waals surface area contributed by atoms with Crippen LogP contribution in [0.5, 0.6) is 0 Å². The molecular formula is C16H15N3O2S2. The van der Waals surface area contributed by atoms with Gasteiger partial charge in [-0.2, -0.15) is 0 Å². The molecule has 7 heteroatoms. The Morgan fingerprint density at radius 2 is 1.74 bits per heavy atom. The third-order valence-corrected chi connectivity index (χ3v) is 6.33. The van der Waals surface area contributed by atoms with Crippen LogP contribution in [0.4, 0.5) is 0 Å². The van der Waals surface area contributed by atoms with Crippen LogP contribution in [0.2, 0.25) is 0 Å². The molecule has 0 fully saturated rings. The molecule has 1 atom stereocenters. The molecule has 3 rings (SSSR count). The molecule has 0 unspecified atom stereocenters. The van der Waals surface area contributed by atoms with Crippen LogP contribution in [-0.4, -0.2) is 18.4 Å². The second kappa shape index (κ2) is 6.57. The summed E-state index contributed by atoms with van der Waals surface area (Å²) in [4.78, 5) is 7.99. The molecule has 0 aliphatic carbocycles. The maximum absolute atomic E-state index is 12.2. The van der Waals surface area contributed by atoms with Gasteiger partial charge in [-0.1, -0.05) is 30.3 Å². The zero-order valence-corrected chi connectivity index (χ0v) is 14.0.